The van der Waals surface area contributed by atoms with E-state index in [0.717, 1.165) is 52.1 Å². The molecule has 0 aliphatic carbocycles. The maximum Gasteiger partial charge on any atom is 0.0632 e. The van der Waals surface area contributed by atoms with E-state index in [9.17, 15) is 0 Å². The number of rotatable bonds is 8. The van der Waals surface area contributed by atoms with Crippen molar-refractivity contribution in [3.63, 3.8) is 0 Å². The van der Waals surface area contributed by atoms with Crippen LogP contribution in [-0.2, 0) is 9.47 Å². The normalized spacial score (nSPS) is 26.8. The molecule has 0 unspecified atom stereocenters. The summed E-state index contributed by atoms with van der Waals surface area (Å²) in [5.41, 5.74) is 0.334. The SMILES string of the molecule is COCCCNC[C@@]1(CN(C)C)CCOC(C)(C)C1. The molecule has 19 heavy (non-hydrogen) atoms. The Labute approximate surface area is 118 Å². The lowest BCUT2D eigenvalue weighted by Crippen LogP contribution is -2.51. The quantitative estimate of drug-likeness (QED) is 0.683. The van der Waals surface area contributed by atoms with Crippen LogP contribution in [0.5, 0.6) is 0 Å². The van der Waals surface area contributed by atoms with Gasteiger partial charge in [-0.1, -0.05) is 0 Å². The lowest BCUT2D eigenvalue weighted by atomic mass is 9.73. The van der Waals surface area contributed by atoms with Crippen LogP contribution in [0.2, 0.25) is 0 Å². The lowest BCUT2D eigenvalue weighted by molar-refractivity contribution is -0.109. The fourth-order valence-electron chi connectivity index (χ4n) is 3.29. The summed E-state index contributed by atoms with van der Waals surface area (Å²) in [6.07, 6.45) is 3.34. The van der Waals surface area contributed by atoms with E-state index < -0.39 is 0 Å². The van der Waals surface area contributed by atoms with Crippen molar-refractivity contribution in [2.75, 3.05) is 54.1 Å². The second-order valence-corrected chi connectivity index (χ2v) is 6.80. The molecule has 4 nitrogen and oxygen atoms in total. The van der Waals surface area contributed by atoms with Crippen molar-refractivity contribution in [3.8, 4) is 0 Å². The first-order valence-electron chi connectivity index (χ1n) is 7.38. The van der Waals surface area contributed by atoms with Gasteiger partial charge in [-0.25, -0.2) is 0 Å². The Morgan fingerprint density at radius 3 is 2.63 bits per heavy atom. The standard InChI is InChI=1S/C15H32N2O2/c1-14(2)11-15(7-10-19-14,13-17(3)4)12-16-8-6-9-18-5/h16H,6-13H2,1-5H3/t15-/m1/s1. The van der Waals surface area contributed by atoms with Crippen molar-refractivity contribution < 1.29 is 9.47 Å². The molecule has 0 aromatic rings. The van der Waals surface area contributed by atoms with Gasteiger partial charge in [-0.2, -0.15) is 0 Å². The van der Waals surface area contributed by atoms with Gasteiger partial charge in [-0.15, -0.1) is 0 Å². The summed E-state index contributed by atoms with van der Waals surface area (Å²) >= 11 is 0. The van der Waals surface area contributed by atoms with E-state index in [1.165, 1.54) is 0 Å². The van der Waals surface area contributed by atoms with Crippen molar-refractivity contribution in [2.24, 2.45) is 5.41 Å². The Bertz CT molecular complexity index is 257. The van der Waals surface area contributed by atoms with Crippen LogP contribution >= 0.6 is 0 Å². The first-order valence-corrected chi connectivity index (χ1v) is 7.38. The van der Waals surface area contributed by atoms with Gasteiger partial charge < -0.3 is 19.7 Å². The second kappa shape index (κ2) is 7.58. The molecule has 1 fully saturated rings. The van der Waals surface area contributed by atoms with Gasteiger partial charge in [0.15, 0.2) is 0 Å². The van der Waals surface area contributed by atoms with E-state index in [0.29, 0.717) is 5.41 Å². The van der Waals surface area contributed by atoms with Gasteiger partial charge >= 0.3 is 0 Å². The zero-order valence-corrected chi connectivity index (χ0v) is 13.4. The number of ether oxygens (including phenoxy) is 2. The van der Waals surface area contributed by atoms with Crippen LogP contribution in [0.1, 0.15) is 33.1 Å². The van der Waals surface area contributed by atoms with Crippen LogP contribution < -0.4 is 5.32 Å². The third kappa shape index (κ3) is 6.21. The highest BCUT2D eigenvalue weighted by Gasteiger charge is 2.40. The third-order valence-corrected chi connectivity index (χ3v) is 3.78. The number of nitrogens with one attached hydrogen (secondary N) is 1. The summed E-state index contributed by atoms with van der Waals surface area (Å²) in [5.74, 6) is 0. The topological polar surface area (TPSA) is 33.7 Å². The highest BCUT2D eigenvalue weighted by molar-refractivity contribution is 4.93. The molecular formula is C15H32N2O2. The maximum atomic E-state index is 5.88. The Balaban J connectivity index is 2.50. The van der Waals surface area contributed by atoms with E-state index in [1.807, 2.05) is 0 Å². The number of methoxy groups -OCH3 is 1. The highest BCUT2D eigenvalue weighted by atomic mass is 16.5. The summed E-state index contributed by atoms with van der Waals surface area (Å²) in [5, 5.41) is 3.61. The molecule has 4 heteroatoms. The van der Waals surface area contributed by atoms with Crippen molar-refractivity contribution in [2.45, 2.75) is 38.7 Å². The predicted molar refractivity (Wildman–Crippen MR) is 79.6 cm³/mol. The van der Waals surface area contributed by atoms with Gasteiger partial charge in [0.25, 0.3) is 0 Å². The van der Waals surface area contributed by atoms with Crippen molar-refractivity contribution >= 4 is 0 Å². The van der Waals surface area contributed by atoms with E-state index in [-0.39, 0.29) is 5.60 Å². The zero-order valence-electron chi connectivity index (χ0n) is 13.4. The molecule has 0 spiro atoms. The minimum Gasteiger partial charge on any atom is -0.385 e. The van der Waals surface area contributed by atoms with Gasteiger partial charge in [-0.3, -0.25) is 0 Å². The smallest absolute Gasteiger partial charge is 0.0632 e. The minimum atomic E-state index is 0.00245. The van der Waals surface area contributed by atoms with Crippen molar-refractivity contribution in [1.29, 1.82) is 0 Å². The highest BCUT2D eigenvalue weighted by Crippen LogP contribution is 2.38. The zero-order chi connectivity index (χ0) is 14.4. The molecule has 1 N–H and O–H groups in total. The minimum absolute atomic E-state index is 0.00245. The average molecular weight is 272 g/mol. The van der Waals surface area contributed by atoms with E-state index in [2.05, 4.69) is 38.2 Å². The van der Waals surface area contributed by atoms with Crippen molar-refractivity contribution in [1.82, 2.24) is 10.2 Å². The molecule has 0 radical (unpaired) electrons. The van der Waals surface area contributed by atoms with Gasteiger partial charge in [0, 0.05) is 38.8 Å². The summed E-state index contributed by atoms with van der Waals surface area (Å²) < 4.78 is 11.0. The average Bonchev–Trinajstić information content (AvgIpc) is 2.26. The fraction of sp³-hybridized carbons (Fsp3) is 1.00. The Hall–Kier alpha value is -0.160. The summed E-state index contributed by atoms with van der Waals surface area (Å²) in [7, 11) is 6.08. The largest absolute Gasteiger partial charge is 0.385 e. The molecule has 1 heterocycles. The van der Waals surface area contributed by atoms with Crippen molar-refractivity contribution in [3.05, 3.63) is 0 Å². The maximum absolute atomic E-state index is 5.88. The fourth-order valence-corrected chi connectivity index (χ4v) is 3.29. The number of nitrogens with zero attached hydrogens (tertiary/aromatic N) is 1. The summed E-state index contributed by atoms with van der Waals surface area (Å²) in [6, 6.07) is 0. The van der Waals surface area contributed by atoms with Gasteiger partial charge in [0.1, 0.15) is 0 Å². The molecule has 114 valence electrons. The predicted octanol–water partition coefficient (Wildman–Crippen LogP) is 1.75. The molecule has 1 aliphatic heterocycles. The van der Waals surface area contributed by atoms with Crippen LogP contribution in [-0.4, -0.2) is 64.6 Å². The molecule has 0 aromatic heterocycles. The van der Waals surface area contributed by atoms with Crippen LogP contribution in [0.25, 0.3) is 0 Å². The molecule has 0 aromatic carbocycles. The van der Waals surface area contributed by atoms with Crippen LogP contribution in [0.15, 0.2) is 0 Å². The third-order valence-electron chi connectivity index (χ3n) is 3.78. The first kappa shape index (κ1) is 16.9. The molecule has 0 bridgehead atoms. The van der Waals surface area contributed by atoms with Gasteiger partial charge in [-0.05, 0) is 53.8 Å². The van der Waals surface area contributed by atoms with E-state index in [4.69, 9.17) is 9.47 Å². The second-order valence-electron chi connectivity index (χ2n) is 6.80. The first-order chi connectivity index (χ1) is 8.89. The molecule has 1 atom stereocenters. The lowest BCUT2D eigenvalue weighted by Gasteiger charge is -2.46. The molecule has 1 aliphatic rings. The van der Waals surface area contributed by atoms with Crippen LogP contribution in [0.3, 0.4) is 0 Å². The van der Waals surface area contributed by atoms with Gasteiger partial charge in [0.2, 0.25) is 0 Å². The Morgan fingerprint density at radius 1 is 1.32 bits per heavy atom. The molecular weight excluding hydrogens is 240 g/mol. The van der Waals surface area contributed by atoms with E-state index in [1.54, 1.807) is 7.11 Å². The summed E-state index contributed by atoms with van der Waals surface area (Å²) in [6.45, 7) is 9.36. The number of hydrogen-bond donors (Lipinski definition) is 1. The monoisotopic (exact) mass is 272 g/mol. The molecule has 1 rings (SSSR count). The van der Waals surface area contributed by atoms with Gasteiger partial charge in [0.05, 0.1) is 5.60 Å². The molecule has 0 saturated carbocycles. The van der Waals surface area contributed by atoms with E-state index >= 15 is 0 Å². The van der Waals surface area contributed by atoms with Crippen LogP contribution in [0.4, 0.5) is 0 Å². The molecule has 0 amide bonds. The Kier molecular flexibility index (Phi) is 6.74. The Morgan fingerprint density at radius 2 is 2.05 bits per heavy atom. The van der Waals surface area contributed by atoms with Crippen LogP contribution in [0, 0.1) is 5.41 Å². The molecule has 1 saturated heterocycles. The number of hydrogen-bond acceptors (Lipinski definition) is 4. The summed E-state index contributed by atoms with van der Waals surface area (Å²) in [4.78, 5) is 2.30.